The Morgan fingerprint density at radius 3 is 2.87 bits per heavy atom. The van der Waals surface area contributed by atoms with Crippen LogP contribution >= 0.6 is 22.9 Å². The van der Waals surface area contributed by atoms with Gasteiger partial charge in [0.05, 0.1) is 11.5 Å². The van der Waals surface area contributed by atoms with Gasteiger partial charge in [-0.1, -0.05) is 30.2 Å². The minimum absolute atomic E-state index is 0.732. The Bertz CT molecular complexity index is 638. The summed E-state index contributed by atoms with van der Waals surface area (Å²) in [4.78, 5) is 8.29. The van der Waals surface area contributed by atoms with Crippen molar-refractivity contribution < 1.29 is 4.74 Å². The molecule has 1 aliphatic rings. The third-order valence-corrected chi connectivity index (χ3v) is 5.37. The van der Waals surface area contributed by atoms with E-state index in [0.29, 0.717) is 0 Å². The van der Waals surface area contributed by atoms with E-state index >= 15 is 0 Å². The SMILES string of the molecule is Cc1sc(-c2cccc(Cl)c2)nc1OCCCN1CCCCC1. The van der Waals surface area contributed by atoms with E-state index in [1.165, 1.54) is 32.4 Å². The normalized spacial score (nSPS) is 15.7. The van der Waals surface area contributed by atoms with Crippen LogP contribution in [0.3, 0.4) is 0 Å². The molecule has 124 valence electrons. The first kappa shape index (κ1) is 16.7. The van der Waals surface area contributed by atoms with E-state index in [1.54, 1.807) is 11.3 Å². The van der Waals surface area contributed by atoms with Crippen molar-refractivity contribution in [3.8, 4) is 16.5 Å². The molecule has 0 unspecified atom stereocenters. The van der Waals surface area contributed by atoms with Crippen molar-refractivity contribution >= 4 is 22.9 Å². The van der Waals surface area contributed by atoms with Gasteiger partial charge in [0.25, 0.3) is 0 Å². The maximum Gasteiger partial charge on any atom is 0.227 e. The van der Waals surface area contributed by atoms with Crippen LogP contribution in [-0.2, 0) is 0 Å². The molecule has 0 saturated carbocycles. The van der Waals surface area contributed by atoms with Gasteiger partial charge in [-0.05, 0) is 51.4 Å². The van der Waals surface area contributed by atoms with Crippen molar-refractivity contribution in [1.29, 1.82) is 0 Å². The number of aryl methyl sites for hydroxylation is 1. The number of hydrogen-bond acceptors (Lipinski definition) is 4. The van der Waals surface area contributed by atoms with E-state index in [9.17, 15) is 0 Å². The minimum Gasteiger partial charge on any atom is -0.477 e. The molecule has 0 amide bonds. The van der Waals surface area contributed by atoms with E-state index < -0.39 is 0 Å². The highest BCUT2D eigenvalue weighted by Gasteiger charge is 2.12. The van der Waals surface area contributed by atoms with Crippen LogP contribution in [0.4, 0.5) is 0 Å². The quantitative estimate of drug-likeness (QED) is 0.683. The van der Waals surface area contributed by atoms with Crippen LogP contribution in [0, 0.1) is 6.92 Å². The van der Waals surface area contributed by atoms with Gasteiger partial charge >= 0.3 is 0 Å². The number of piperidine rings is 1. The maximum atomic E-state index is 6.06. The maximum absolute atomic E-state index is 6.06. The Balaban J connectivity index is 1.52. The number of benzene rings is 1. The fourth-order valence-electron chi connectivity index (χ4n) is 2.90. The zero-order valence-corrected chi connectivity index (χ0v) is 15.1. The van der Waals surface area contributed by atoms with Gasteiger partial charge in [-0.25, -0.2) is 4.98 Å². The highest BCUT2D eigenvalue weighted by atomic mass is 35.5. The summed E-state index contributed by atoms with van der Waals surface area (Å²) in [5, 5.41) is 1.70. The number of aromatic nitrogens is 1. The van der Waals surface area contributed by atoms with Gasteiger partial charge in [-0.15, -0.1) is 11.3 Å². The second-order valence-corrected chi connectivity index (χ2v) is 7.63. The van der Waals surface area contributed by atoms with Crippen LogP contribution in [-0.4, -0.2) is 36.1 Å². The molecule has 0 aliphatic carbocycles. The van der Waals surface area contributed by atoms with E-state index in [1.807, 2.05) is 24.3 Å². The van der Waals surface area contributed by atoms with Gasteiger partial charge in [-0.3, -0.25) is 0 Å². The molecule has 23 heavy (non-hydrogen) atoms. The number of likely N-dealkylation sites (tertiary alicyclic amines) is 1. The Kier molecular flexibility index (Phi) is 5.92. The van der Waals surface area contributed by atoms with Gasteiger partial charge in [0.2, 0.25) is 5.88 Å². The molecule has 0 N–H and O–H groups in total. The third-order valence-electron chi connectivity index (χ3n) is 4.13. The first-order chi connectivity index (χ1) is 11.2. The molecule has 3 rings (SSSR count). The van der Waals surface area contributed by atoms with Gasteiger partial charge in [0.15, 0.2) is 0 Å². The molecule has 0 bridgehead atoms. The number of rotatable bonds is 6. The highest BCUT2D eigenvalue weighted by Crippen LogP contribution is 2.32. The molecule has 2 aromatic rings. The van der Waals surface area contributed by atoms with Crippen LogP contribution < -0.4 is 4.74 Å². The molecule has 5 heteroatoms. The van der Waals surface area contributed by atoms with Gasteiger partial charge in [-0.2, -0.15) is 0 Å². The Morgan fingerprint density at radius 1 is 1.26 bits per heavy atom. The lowest BCUT2D eigenvalue weighted by molar-refractivity contribution is 0.203. The lowest BCUT2D eigenvalue weighted by Crippen LogP contribution is -2.31. The predicted molar refractivity (Wildman–Crippen MR) is 97.7 cm³/mol. The second kappa shape index (κ2) is 8.13. The molecule has 3 nitrogen and oxygen atoms in total. The topological polar surface area (TPSA) is 25.4 Å². The first-order valence-corrected chi connectivity index (χ1v) is 9.50. The third kappa shape index (κ3) is 4.69. The zero-order chi connectivity index (χ0) is 16.1. The molecule has 0 atom stereocenters. The second-order valence-electron chi connectivity index (χ2n) is 6.00. The lowest BCUT2D eigenvalue weighted by atomic mass is 10.1. The molecule has 0 radical (unpaired) electrons. The average Bonchev–Trinajstić information content (AvgIpc) is 2.94. The predicted octanol–water partition coefficient (Wildman–Crippen LogP) is 5.03. The van der Waals surface area contributed by atoms with Crippen molar-refractivity contribution in [2.24, 2.45) is 0 Å². The van der Waals surface area contributed by atoms with Crippen LogP contribution in [0.15, 0.2) is 24.3 Å². The fraction of sp³-hybridized carbons (Fsp3) is 0.500. The number of nitrogens with zero attached hydrogens (tertiary/aromatic N) is 2. The van der Waals surface area contributed by atoms with Crippen LogP contribution in [0.1, 0.15) is 30.6 Å². The summed E-state index contributed by atoms with van der Waals surface area (Å²) in [7, 11) is 0. The molecule has 1 aromatic heterocycles. The smallest absolute Gasteiger partial charge is 0.227 e. The fourth-order valence-corrected chi connectivity index (χ4v) is 3.95. The molecule has 0 spiro atoms. The summed E-state index contributed by atoms with van der Waals surface area (Å²) in [6, 6.07) is 7.81. The monoisotopic (exact) mass is 350 g/mol. The Hall–Kier alpha value is -1.10. The lowest BCUT2D eigenvalue weighted by Gasteiger charge is -2.26. The molecular weight excluding hydrogens is 328 g/mol. The number of thiazole rings is 1. The van der Waals surface area contributed by atoms with Crippen molar-refractivity contribution in [3.05, 3.63) is 34.2 Å². The van der Waals surface area contributed by atoms with Gasteiger partial charge < -0.3 is 9.64 Å². The Morgan fingerprint density at radius 2 is 2.09 bits per heavy atom. The van der Waals surface area contributed by atoms with Crippen LogP contribution in [0.5, 0.6) is 5.88 Å². The van der Waals surface area contributed by atoms with E-state index in [0.717, 1.165) is 45.9 Å². The molecular formula is C18H23ClN2OS. The summed E-state index contributed by atoms with van der Waals surface area (Å²) in [6.45, 7) is 6.41. The minimum atomic E-state index is 0.732. The summed E-state index contributed by atoms with van der Waals surface area (Å²) >= 11 is 7.72. The summed E-state index contributed by atoms with van der Waals surface area (Å²) in [5.41, 5.74) is 1.05. The van der Waals surface area contributed by atoms with Crippen molar-refractivity contribution in [1.82, 2.24) is 9.88 Å². The largest absolute Gasteiger partial charge is 0.477 e. The van der Waals surface area contributed by atoms with E-state index in [-0.39, 0.29) is 0 Å². The highest BCUT2D eigenvalue weighted by molar-refractivity contribution is 7.15. The standard InChI is InChI=1S/C18H23ClN2OS/c1-14-17(22-12-6-11-21-9-3-2-4-10-21)20-18(23-14)15-7-5-8-16(19)13-15/h5,7-8,13H,2-4,6,9-12H2,1H3. The number of halogens is 1. The van der Waals surface area contributed by atoms with Gasteiger partial charge in [0.1, 0.15) is 5.01 Å². The number of hydrogen-bond donors (Lipinski definition) is 0. The van der Waals surface area contributed by atoms with Crippen molar-refractivity contribution in [2.75, 3.05) is 26.2 Å². The van der Waals surface area contributed by atoms with Gasteiger partial charge in [0, 0.05) is 17.1 Å². The van der Waals surface area contributed by atoms with Crippen molar-refractivity contribution in [2.45, 2.75) is 32.6 Å². The zero-order valence-electron chi connectivity index (χ0n) is 13.6. The summed E-state index contributed by atoms with van der Waals surface area (Å²) in [5.74, 6) is 0.767. The van der Waals surface area contributed by atoms with Crippen LogP contribution in [0.2, 0.25) is 5.02 Å². The first-order valence-electron chi connectivity index (χ1n) is 8.31. The number of ether oxygens (including phenoxy) is 1. The van der Waals surface area contributed by atoms with E-state index in [4.69, 9.17) is 16.3 Å². The van der Waals surface area contributed by atoms with Crippen molar-refractivity contribution in [3.63, 3.8) is 0 Å². The summed E-state index contributed by atoms with van der Waals surface area (Å²) < 4.78 is 5.90. The average molecular weight is 351 g/mol. The van der Waals surface area contributed by atoms with Crippen LogP contribution in [0.25, 0.3) is 10.6 Å². The van der Waals surface area contributed by atoms with E-state index in [2.05, 4.69) is 16.8 Å². The summed E-state index contributed by atoms with van der Waals surface area (Å²) in [6.07, 6.45) is 5.13. The molecule has 1 fully saturated rings. The Labute approximate surface area is 147 Å². The molecule has 1 saturated heterocycles. The molecule has 2 heterocycles. The molecule has 1 aromatic carbocycles. The molecule has 1 aliphatic heterocycles.